The SMILES string of the molecule is CCC(=O)N=C1S[C@@H]2CS(=O)(=O)C[C@H]2N1c1ccc(N2CCC(Cc3ccccc3)CC2)cc1. The van der Waals surface area contributed by atoms with E-state index < -0.39 is 9.84 Å². The van der Waals surface area contributed by atoms with Crippen LogP contribution < -0.4 is 9.80 Å². The summed E-state index contributed by atoms with van der Waals surface area (Å²) in [6.45, 7) is 3.87. The third-order valence-electron chi connectivity index (χ3n) is 7.06. The van der Waals surface area contributed by atoms with Crippen LogP contribution in [0.1, 0.15) is 31.7 Å². The molecule has 2 atom stereocenters. The number of hydrogen-bond acceptors (Lipinski definition) is 5. The van der Waals surface area contributed by atoms with Gasteiger partial charge in [-0.05, 0) is 55.0 Å². The van der Waals surface area contributed by atoms with Crippen molar-refractivity contribution >= 4 is 44.0 Å². The lowest BCUT2D eigenvalue weighted by atomic mass is 9.90. The zero-order chi connectivity index (χ0) is 23.7. The van der Waals surface area contributed by atoms with Crippen molar-refractivity contribution in [3.8, 4) is 0 Å². The smallest absolute Gasteiger partial charge is 0.247 e. The van der Waals surface area contributed by atoms with Gasteiger partial charge >= 0.3 is 0 Å². The summed E-state index contributed by atoms with van der Waals surface area (Å²) in [5, 5.41) is 0.558. The van der Waals surface area contributed by atoms with Gasteiger partial charge in [-0.3, -0.25) is 4.79 Å². The molecule has 8 heteroatoms. The second-order valence-electron chi connectivity index (χ2n) is 9.45. The van der Waals surface area contributed by atoms with Crippen LogP contribution in [0.25, 0.3) is 0 Å². The number of fused-ring (bicyclic) bond motifs is 1. The molecule has 1 amide bonds. The molecule has 3 aliphatic heterocycles. The minimum absolute atomic E-state index is 0.0725. The van der Waals surface area contributed by atoms with Gasteiger partial charge in [0.05, 0.1) is 17.5 Å². The summed E-state index contributed by atoms with van der Waals surface area (Å²) in [4.78, 5) is 20.7. The molecule has 0 unspecified atom stereocenters. The van der Waals surface area contributed by atoms with E-state index in [1.54, 1.807) is 6.92 Å². The highest BCUT2D eigenvalue weighted by Crippen LogP contribution is 2.41. The van der Waals surface area contributed by atoms with E-state index in [4.69, 9.17) is 0 Å². The van der Waals surface area contributed by atoms with Crippen LogP contribution in [0.5, 0.6) is 0 Å². The predicted octanol–water partition coefficient (Wildman–Crippen LogP) is 4.16. The summed E-state index contributed by atoms with van der Waals surface area (Å²) >= 11 is 1.43. The fraction of sp³-hybridized carbons (Fsp3) is 0.462. The Bertz CT molecular complexity index is 1160. The van der Waals surface area contributed by atoms with Crippen LogP contribution in [-0.4, -0.2) is 55.4 Å². The largest absolute Gasteiger partial charge is 0.372 e. The molecule has 0 saturated carbocycles. The number of anilines is 2. The first-order valence-corrected chi connectivity index (χ1v) is 14.8. The molecule has 0 N–H and O–H groups in total. The van der Waals surface area contributed by atoms with Crippen LogP contribution in [0.3, 0.4) is 0 Å². The molecule has 3 saturated heterocycles. The minimum atomic E-state index is -3.07. The third kappa shape index (κ3) is 5.03. The average molecular weight is 498 g/mol. The first-order valence-electron chi connectivity index (χ1n) is 12.1. The molecular weight excluding hydrogens is 466 g/mol. The van der Waals surface area contributed by atoms with E-state index in [2.05, 4.69) is 52.4 Å². The summed E-state index contributed by atoms with van der Waals surface area (Å²) in [7, 11) is -3.07. The average Bonchev–Trinajstić information content (AvgIpc) is 3.31. The topological polar surface area (TPSA) is 70.0 Å². The van der Waals surface area contributed by atoms with E-state index in [9.17, 15) is 13.2 Å². The number of sulfone groups is 1. The Kier molecular flexibility index (Phi) is 6.71. The lowest BCUT2D eigenvalue weighted by molar-refractivity contribution is -0.117. The molecule has 0 aliphatic carbocycles. The van der Waals surface area contributed by atoms with Crippen LogP contribution in [0.15, 0.2) is 59.6 Å². The van der Waals surface area contributed by atoms with Gasteiger partial charge in [0.2, 0.25) is 5.91 Å². The van der Waals surface area contributed by atoms with E-state index in [0.29, 0.717) is 11.6 Å². The Morgan fingerprint density at radius 3 is 2.35 bits per heavy atom. The first-order chi connectivity index (χ1) is 16.4. The lowest BCUT2D eigenvalue weighted by Gasteiger charge is -2.34. The lowest BCUT2D eigenvalue weighted by Crippen LogP contribution is -2.38. The zero-order valence-electron chi connectivity index (χ0n) is 19.5. The van der Waals surface area contributed by atoms with Crippen molar-refractivity contribution in [1.82, 2.24) is 0 Å². The Hall–Kier alpha value is -2.32. The normalized spacial score (nSPS) is 25.6. The minimum Gasteiger partial charge on any atom is -0.372 e. The molecule has 2 aromatic rings. The molecule has 3 aliphatic rings. The van der Waals surface area contributed by atoms with Crippen molar-refractivity contribution in [2.75, 3.05) is 34.4 Å². The molecule has 3 heterocycles. The Morgan fingerprint density at radius 1 is 1.00 bits per heavy atom. The van der Waals surface area contributed by atoms with Crippen molar-refractivity contribution < 1.29 is 13.2 Å². The molecule has 0 spiro atoms. The summed E-state index contributed by atoms with van der Waals surface area (Å²) in [5.74, 6) is 0.801. The van der Waals surface area contributed by atoms with Gasteiger partial charge in [0.25, 0.3) is 0 Å². The number of amidine groups is 1. The van der Waals surface area contributed by atoms with Gasteiger partial charge in [0.1, 0.15) is 0 Å². The van der Waals surface area contributed by atoms with Crippen LogP contribution in [0, 0.1) is 5.92 Å². The van der Waals surface area contributed by atoms with Crippen molar-refractivity contribution in [2.45, 2.75) is 43.9 Å². The Balaban J connectivity index is 1.28. The maximum atomic E-state index is 12.3. The monoisotopic (exact) mass is 497 g/mol. The number of carbonyl (C=O) groups is 1. The molecular formula is C26H31N3O3S2. The zero-order valence-corrected chi connectivity index (χ0v) is 21.1. The molecule has 6 nitrogen and oxygen atoms in total. The van der Waals surface area contributed by atoms with E-state index in [1.807, 2.05) is 17.0 Å². The van der Waals surface area contributed by atoms with E-state index in [0.717, 1.165) is 31.1 Å². The maximum absolute atomic E-state index is 12.3. The standard InChI is InChI=1S/C26H31N3O3S2/c1-2-25(30)27-26-29(23-17-34(31,32)18-24(23)33-26)22-10-8-21(9-11-22)28-14-12-20(13-15-28)16-19-6-4-3-5-7-19/h3-11,20,23-24H,2,12-18H2,1H3/t23-,24-/m1/s1. The third-order valence-corrected chi connectivity index (χ3v) is 10.3. The number of thioether (sulfide) groups is 1. The van der Waals surface area contributed by atoms with Crippen LogP contribution in [0.4, 0.5) is 11.4 Å². The van der Waals surface area contributed by atoms with Gasteiger partial charge in [0, 0.05) is 36.1 Å². The highest BCUT2D eigenvalue weighted by molar-refractivity contribution is 8.16. The van der Waals surface area contributed by atoms with Gasteiger partial charge in [0.15, 0.2) is 15.0 Å². The second kappa shape index (κ2) is 9.74. The molecule has 2 aromatic carbocycles. The highest BCUT2D eigenvalue weighted by atomic mass is 32.2. The van der Waals surface area contributed by atoms with Crippen LogP contribution in [-0.2, 0) is 21.1 Å². The molecule has 3 fully saturated rings. The summed E-state index contributed by atoms with van der Waals surface area (Å²) in [6, 6.07) is 18.9. The quantitative estimate of drug-likeness (QED) is 0.618. The van der Waals surface area contributed by atoms with Gasteiger partial charge < -0.3 is 9.80 Å². The Morgan fingerprint density at radius 2 is 1.68 bits per heavy atom. The van der Waals surface area contributed by atoms with Crippen LogP contribution in [0.2, 0.25) is 0 Å². The van der Waals surface area contributed by atoms with Crippen molar-refractivity contribution in [3.05, 3.63) is 60.2 Å². The van der Waals surface area contributed by atoms with E-state index in [1.165, 1.54) is 35.9 Å². The molecule has 34 heavy (non-hydrogen) atoms. The Labute approximate surface area is 206 Å². The number of aliphatic imine (C=N–C) groups is 1. The molecule has 0 radical (unpaired) electrons. The summed E-state index contributed by atoms with van der Waals surface area (Å²) in [5.41, 5.74) is 3.51. The van der Waals surface area contributed by atoms with Crippen LogP contribution >= 0.6 is 11.8 Å². The van der Waals surface area contributed by atoms with E-state index >= 15 is 0 Å². The number of carbonyl (C=O) groups excluding carboxylic acids is 1. The molecule has 0 bridgehead atoms. The molecule has 0 aromatic heterocycles. The predicted molar refractivity (Wildman–Crippen MR) is 141 cm³/mol. The maximum Gasteiger partial charge on any atom is 0.247 e. The molecule has 180 valence electrons. The molecule has 5 rings (SSSR count). The van der Waals surface area contributed by atoms with Gasteiger partial charge in [-0.25, -0.2) is 8.42 Å². The summed E-state index contributed by atoms with van der Waals surface area (Å²) in [6.07, 6.45) is 3.84. The fourth-order valence-electron chi connectivity index (χ4n) is 5.22. The number of rotatable bonds is 5. The van der Waals surface area contributed by atoms with Gasteiger partial charge in [-0.15, -0.1) is 0 Å². The number of benzene rings is 2. The van der Waals surface area contributed by atoms with Crippen molar-refractivity contribution in [1.29, 1.82) is 0 Å². The van der Waals surface area contributed by atoms with Gasteiger partial charge in [-0.2, -0.15) is 4.99 Å². The summed E-state index contributed by atoms with van der Waals surface area (Å²) < 4.78 is 24.5. The number of hydrogen-bond donors (Lipinski definition) is 0. The van der Waals surface area contributed by atoms with E-state index in [-0.39, 0.29) is 28.7 Å². The van der Waals surface area contributed by atoms with Crippen molar-refractivity contribution in [3.63, 3.8) is 0 Å². The first kappa shape index (κ1) is 23.4. The number of nitrogens with zero attached hydrogens (tertiary/aromatic N) is 3. The number of amides is 1. The van der Waals surface area contributed by atoms with Gasteiger partial charge in [-0.1, -0.05) is 49.0 Å². The highest BCUT2D eigenvalue weighted by Gasteiger charge is 2.49. The number of piperidine rings is 1. The second-order valence-corrected chi connectivity index (χ2v) is 12.8. The van der Waals surface area contributed by atoms with Crippen molar-refractivity contribution in [2.24, 2.45) is 10.9 Å². The fourth-order valence-corrected chi connectivity index (χ4v) is 9.15.